The van der Waals surface area contributed by atoms with Gasteiger partial charge in [-0.3, -0.25) is 0 Å². The molecule has 1 heteroatoms. The predicted octanol–water partition coefficient (Wildman–Crippen LogP) is 4.66. The summed E-state index contributed by atoms with van der Waals surface area (Å²) in [5.74, 6) is 0. The van der Waals surface area contributed by atoms with Crippen LogP contribution in [0.25, 0.3) is 0 Å². The molecule has 0 unspecified atom stereocenters. The quantitative estimate of drug-likeness (QED) is 0.428. The number of allylic oxidation sites excluding steroid dienone is 3. The van der Waals surface area contributed by atoms with Gasteiger partial charge in [0.25, 0.3) is 0 Å². The molecule has 0 rings (SSSR count). The summed E-state index contributed by atoms with van der Waals surface area (Å²) >= 11 is 0. The summed E-state index contributed by atoms with van der Waals surface area (Å²) in [4.78, 5) is 0. The molecule has 0 aliphatic rings. The fourth-order valence-electron chi connectivity index (χ4n) is 1.52. The molecule has 0 amide bonds. The topological polar surface area (TPSA) is 9.23 Å². The summed E-state index contributed by atoms with van der Waals surface area (Å²) in [6.07, 6.45) is 9.74. The van der Waals surface area contributed by atoms with Crippen LogP contribution < -0.4 is 0 Å². The zero-order valence-corrected chi connectivity index (χ0v) is 11.3. The molecule has 0 saturated carbocycles. The average Bonchev–Trinajstić information content (AvgIpc) is 2.32. The maximum absolute atomic E-state index is 5.92. The van der Waals surface area contributed by atoms with E-state index in [1.165, 1.54) is 17.6 Å². The Hall–Kier alpha value is -0.820. The van der Waals surface area contributed by atoms with Crippen molar-refractivity contribution in [2.75, 3.05) is 6.61 Å². The highest BCUT2D eigenvalue weighted by Gasteiger charge is 2.11. The van der Waals surface area contributed by atoms with E-state index < -0.39 is 0 Å². The van der Waals surface area contributed by atoms with Crippen LogP contribution in [0.15, 0.2) is 36.0 Å². The first kappa shape index (κ1) is 15.2. The number of hydrogen-bond acceptors (Lipinski definition) is 1. The van der Waals surface area contributed by atoms with E-state index >= 15 is 0 Å². The lowest BCUT2D eigenvalue weighted by Crippen LogP contribution is -2.16. The van der Waals surface area contributed by atoms with Gasteiger partial charge in [-0.2, -0.15) is 0 Å². The van der Waals surface area contributed by atoms with Crippen molar-refractivity contribution in [3.05, 3.63) is 36.0 Å². The minimum absolute atomic E-state index is 0.165. The van der Waals surface area contributed by atoms with E-state index in [4.69, 9.17) is 4.74 Å². The first-order chi connectivity index (χ1) is 7.67. The predicted molar refractivity (Wildman–Crippen MR) is 72.7 cm³/mol. The lowest BCUT2D eigenvalue weighted by Gasteiger charge is -2.19. The summed E-state index contributed by atoms with van der Waals surface area (Å²) in [5.41, 5.74) is 2.58. The van der Waals surface area contributed by atoms with Crippen molar-refractivity contribution in [3.63, 3.8) is 0 Å². The molecule has 0 aliphatic carbocycles. The van der Waals surface area contributed by atoms with Crippen LogP contribution in [0.1, 0.15) is 47.0 Å². The van der Waals surface area contributed by atoms with E-state index in [0.717, 1.165) is 19.4 Å². The molecule has 0 spiro atoms. The van der Waals surface area contributed by atoms with E-state index in [0.29, 0.717) is 0 Å². The molecule has 0 aliphatic heterocycles. The van der Waals surface area contributed by atoms with Gasteiger partial charge in [-0.15, -0.1) is 6.58 Å². The Morgan fingerprint density at radius 2 is 1.69 bits per heavy atom. The van der Waals surface area contributed by atoms with E-state index in [-0.39, 0.29) is 6.10 Å². The third-order valence-corrected chi connectivity index (χ3v) is 2.82. The van der Waals surface area contributed by atoms with Crippen molar-refractivity contribution < 1.29 is 4.74 Å². The second kappa shape index (κ2) is 9.41. The smallest absolute Gasteiger partial charge is 0.0990 e. The lowest BCUT2D eigenvalue weighted by atomic mass is 10.0. The SMILES string of the molecule is C=CCCCCOC(/C(C)=C/C)/C(C)=C/C. The van der Waals surface area contributed by atoms with Crippen LogP contribution in [0.2, 0.25) is 0 Å². The first-order valence-corrected chi connectivity index (χ1v) is 6.15. The standard InChI is InChI=1S/C15H26O/c1-6-9-10-11-12-16-15(13(4)7-2)14(5)8-3/h6-8,15H,1,9-12H2,2-5H3/b13-7+,14-8+. The number of unbranched alkanes of at least 4 members (excludes halogenated alkanes) is 2. The van der Waals surface area contributed by atoms with Gasteiger partial charge in [0, 0.05) is 6.61 Å². The number of rotatable bonds is 8. The molecule has 1 nitrogen and oxygen atoms in total. The largest absolute Gasteiger partial charge is 0.370 e. The van der Waals surface area contributed by atoms with Crippen LogP contribution in [0.5, 0.6) is 0 Å². The molecule has 0 aromatic rings. The highest BCUT2D eigenvalue weighted by molar-refractivity contribution is 5.19. The highest BCUT2D eigenvalue weighted by Crippen LogP contribution is 2.16. The lowest BCUT2D eigenvalue weighted by molar-refractivity contribution is 0.0972. The van der Waals surface area contributed by atoms with Gasteiger partial charge >= 0.3 is 0 Å². The van der Waals surface area contributed by atoms with E-state index in [1.54, 1.807) is 0 Å². The minimum Gasteiger partial charge on any atom is -0.370 e. The Kier molecular flexibility index (Phi) is 8.93. The number of hydrogen-bond donors (Lipinski definition) is 0. The minimum atomic E-state index is 0.165. The van der Waals surface area contributed by atoms with E-state index in [1.807, 2.05) is 6.08 Å². The van der Waals surface area contributed by atoms with Gasteiger partial charge in [0.15, 0.2) is 0 Å². The van der Waals surface area contributed by atoms with Crippen LogP contribution in [-0.4, -0.2) is 12.7 Å². The Morgan fingerprint density at radius 1 is 1.12 bits per heavy atom. The Labute approximate surface area is 101 Å². The van der Waals surface area contributed by atoms with Gasteiger partial charge in [0.1, 0.15) is 0 Å². The molecule has 0 radical (unpaired) electrons. The van der Waals surface area contributed by atoms with Gasteiger partial charge in [0.2, 0.25) is 0 Å². The van der Waals surface area contributed by atoms with Crippen molar-refractivity contribution in [2.24, 2.45) is 0 Å². The molecule has 0 saturated heterocycles. The van der Waals surface area contributed by atoms with Gasteiger partial charge in [0.05, 0.1) is 6.10 Å². The Balaban J connectivity index is 4.09. The van der Waals surface area contributed by atoms with Crippen molar-refractivity contribution in [1.29, 1.82) is 0 Å². The van der Waals surface area contributed by atoms with Gasteiger partial charge in [-0.05, 0) is 58.1 Å². The summed E-state index contributed by atoms with van der Waals surface area (Å²) in [7, 11) is 0. The van der Waals surface area contributed by atoms with Crippen LogP contribution in [-0.2, 0) is 4.74 Å². The summed E-state index contributed by atoms with van der Waals surface area (Å²) in [6, 6.07) is 0. The fraction of sp³-hybridized carbons (Fsp3) is 0.600. The molecule has 92 valence electrons. The van der Waals surface area contributed by atoms with Crippen molar-refractivity contribution in [3.8, 4) is 0 Å². The molecule has 16 heavy (non-hydrogen) atoms. The van der Waals surface area contributed by atoms with Crippen LogP contribution in [0, 0.1) is 0 Å². The van der Waals surface area contributed by atoms with Crippen LogP contribution in [0.3, 0.4) is 0 Å². The number of ether oxygens (including phenoxy) is 1. The first-order valence-electron chi connectivity index (χ1n) is 6.15. The molecule has 0 aromatic heterocycles. The van der Waals surface area contributed by atoms with Gasteiger partial charge in [-0.1, -0.05) is 18.2 Å². The van der Waals surface area contributed by atoms with Crippen LogP contribution in [0.4, 0.5) is 0 Å². The molecule has 0 fully saturated rings. The highest BCUT2D eigenvalue weighted by atomic mass is 16.5. The maximum atomic E-state index is 5.92. The van der Waals surface area contributed by atoms with Crippen LogP contribution >= 0.6 is 0 Å². The van der Waals surface area contributed by atoms with E-state index in [2.05, 4.69) is 46.4 Å². The van der Waals surface area contributed by atoms with Gasteiger partial charge in [-0.25, -0.2) is 0 Å². The maximum Gasteiger partial charge on any atom is 0.0990 e. The fourth-order valence-corrected chi connectivity index (χ4v) is 1.52. The monoisotopic (exact) mass is 222 g/mol. The molecular formula is C15H26O. The van der Waals surface area contributed by atoms with Crippen molar-refractivity contribution in [1.82, 2.24) is 0 Å². The van der Waals surface area contributed by atoms with Gasteiger partial charge < -0.3 is 4.74 Å². The molecule has 0 bridgehead atoms. The average molecular weight is 222 g/mol. The Bertz CT molecular complexity index is 230. The van der Waals surface area contributed by atoms with E-state index in [9.17, 15) is 0 Å². The Morgan fingerprint density at radius 3 is 2.12 bits per heavy atom. The zero-order valence-electron chi connectivity index (χ0n) is 11.3. The third kappa shape index (κ3) is 5.92. The second-order valence-corrected chi connectivity index (χ2v) is 4.10. The molecule has 0 atom stereocenters. The normalized spacial score (nSPS) is 13.3. The second-order valence-electron chi connectivity index (χ2n) is 4.10. The summed E-state index contributed by atoms with van der Waals surface area (Å²) in [5, 5.41) is 0. The molecular weight excluding hydrogens is 196 g/mol. The summed E-state index contributed by atoms with van der Waals surface area (Å²) < 4.78 is 5.92. The molecule has 0 heterocycles. The third-order valence-electron chi connectivity index (χ3n) is 2.82. The zero-order chi connectivity index (χ0) is 12.4. The molecule has 0 N–H and O–H groups in total. The van der Waals surface area contributed by atoms with Crippen molar-refractivity contribution >= 4 is 0 Å². The molecule has 0 aromatic carbocycles. The van der Waals surface area contributed by atoms with Crippen molar-refractivity contribution in [2.45, 2.75) is 53.1 Å². The summed E-state index contributed by atoms with van der Waals surface area (Å²) in [6.45, 7) is 12.9.